The van der Waals surface area contributed by atoms with Crippen molar-refractivity contribution in [3.8, 4) is 0 Å². The molecule has 3 heterocycles. The van der Waals surface area contributed by atoms with Crippen molar-refractivity contribution in [3.63, 3.8) is 0 Å². The normalized spacial score (nSPS) is 18.9. The molecule has 8 heteroatoms. The van der Waals surface area contributed by atoms with E-state index in [2.05, 4.69) is 17.3 Å². The Kier molecular flexibility index (Phi) is 4.96. The predicted molar refractivity (Wildman–Crippen MR) is 122 cm³/mol. The zero-order valence-electron chi connectivity index (χ0n) is 16.3. The number of nitrogens with one attached hydrogen (secondary N) is 2. The second kappa shape index (κ2) is 7.49. The van der Waals surface area contributed by atoms with Gasteiger partial charge in [0.25, 0.3) is 11.5 Å². The molecule has 0 radical (unpaired) electrons. The molecule has 2 N–H and O–H groups in total. The molecule has 29 heavy (non-hydrogen) atoms. The molecule has 0 spiro atoms. The Hall–Kier alpha value is -1.77. The molecule has 5 nitrogen and oxygen atoms in total. The highest BCUT2D eigenvalue weighted by Gasteiger charge is 2.25. The van der Waals surface area contributed by atoms with Crippen molar-refractivity contribution in [2.24, 2.45) is 5.92 Å². The van der Waals surface area contributed by atoms with Crippen LogP contribution in [0.5, 0.6) is 0 Å². The lowest BCUT2D eigenvalue weighted by Crippen LogP contribution is -2.34. The van der Waals surface area contributed by atoms with E-state index >= 15 is 0 Å². The average molecular weight is 446 g/mol. The third-order valence-electron chi connectivity index (χ3n) is 6.12. The van der Waals surface area contributed by atoms with E-state index in [9.17, 15) is 9.59 Å². The van der Waals surface area contributed by atoms with Gasteiger partial charge in [0, 0.05) is 15.1 Å². The van der Waals surface area contributed by atoms with Crippen molar-refractivity contribution >= 4 is 51.0 Å². The summed E-state index contributed by atoms with van der Waals surface area (Å²) in [6, 6.07) is 0. The van der Waals surface area contributed by atoms with Crippen molar-refractivity contribution < 1.29 is 4.79 Å². The zero-order chi connectivity index (χ0) is 20.1. The Labute approximate surface area is 181 Å². The van der Waals surface area contributed by atoms with Crippen LogP contribution in [-0.4, -0.2) is 15.6 Å². The second-order valence-electron chi connectivity index (χ2n) is 8.18. The minimum Gasteiger partial charge on any atom is -0.322 e. The highest BCUT2D eigenvalue weighted by Crippen LogP contribution is 2.34. The van der Waals surface area contributed by atoms with Crippen LogP contribution < -0.4 is 11.0 Å². The Morgan fingerprint density at radius 2 is 2.03 bits per heavy atom. The summed E-state index contributed by atoms with van der Waals surface area (Å²) in [6.07, 6.45) is 8.42. The lowest BCUT2D eigenvalue weighted by atomic mass is 9.88. The Bertz CT molecular complexity index is 1230. The minimum absolute atomic E-state index is 0.214. The van der Waals surface area contributed by atoms with Crippen molar-refractivity contribution in [2.75, 3.05) is 5.43 Å². The first-order valence-electron chi connectivity index (χ1n) is 10.2. The van der Waals surface area contributed by atoms with E-state index in [1.807, 2.05) is 5.38 Å². The van der Waals surface area contributed by atoms with Gasteiger partial charge in [-0.25, -0.2) is 0 Å². The largest absolute Gasteiger partial charge is 0.322 e. The standard InChI is InChI=1S/C21H23N3O2S3/c1-11-7-8-12-14(10-28-16(12)9-11)18(25)23-24-20(26)17-13-5-3-2-4-6-15(13)29-19(17)22-21(24)27/h10-11H,2-9H2,1H3,(H,22,27)(H,23,25)/t11-/m1/s1. The number of rotatable bonds is 2. The molecule has 2 aliphatic carbocycles. The number of aryl methyl sites for hydroxylation is 2. The first kappa shape index (κ1) is 19.2. The number of thiophene rings is 2. The molecule has 3 aromatic heterocycles. The summed E-state index contributed by atoms with van der Waals surface area (Å²) < 4.78 is 1.47. The molecule has 1 amide bonds. The second-order valence-corrected chi connectivity index (χ2v) is 10.6. The number of carbonyl (C=O) groups excluding carboxylic acids is 1. The van der Waals surface area contributed by atoms with Gasteiger partial charge >= 0.3 is 0 Å². The number of aromatic nitrogens is 2. The summed E-state index contributed by atoms with van der Waals surface area (Å²) >= 11 is 8.71. The number of hydrogen-bond donors (Lipinski definition) is 2. The van der Waals surface area contributed by atoms with Gasteiger partial charge in [0.1, 0.15) is 4.83 Å². The minimum atomic E-state index is -0.251. The summed E-state index contributed by atoms with van der Waals surface area (Å²) in [4.78, 5) is 32.9. The van der Waals surface area contributed by atoms with Crippen LogP contribution in [0.4, 0.5) is 0 Å². The summed E-state index contributed by atoms with van der Waals surface area (Å²) in [5.74, 6) is 0.407. The average Bonchev–Trinajstić information content (AvgIpc) is 3.18. The van der Waals surface area contributed by atoms with E-state index in [1.54, 1.807) is 22.7 Å². The molecule has 3 aromatic rings. The van der Waals surface area contributed by atoms with Gasteiger partial charge in [-0.2, -0.15) is 4.68 Å². The molecule has 0 aromatic carbocycles. The Morgan fingerprint density at radius 1 is 1.21 bits per heavy atom. The van der Waals surface area contributed by atoms with Crippen LogP contribution in [0.1, 0.15) is 63.8 Å². The maximum Gasteiger partial charge on any atom is 0.282 e. The van der Waals surface area contributed by atoms with Crippen molar-refractivity contribution in [2.45, 2.75) is 58.3 Å². The first-order valence-corrected chi connectivity index (χ1v) is 12.3. The smallest absolute Gasteiger partial charge is 0.282 e. The predicted octanol–water partition coefficient (Wildman–Crippen LogP) is 4.96. The quantitative estimate of drug-likeness (QED) is 0.433. The Morgan fingerprint density at radius 3 is 2.90 bits per heavy atom. The van der Waals surface area contributed by atoms with Gasteiger partial charge in [0.2, 0.25) is 4.77 Å². The van der Waals surface area contributed by atoms with Gasteiger partial charge in [0.15, 0.2) is 0 Å². The number of fused-ring (bicyclic) bond motifs is 4. The number of nitrogens with zero attached hydrogens (tertiary/aromatic N) is 1. The van der Waals surface area contributed by atoms with Gasteiger partial charge in [-0.3, -0.25) is 15.0 Å². The monoisotopic (exact) mass is 445 g/mol. The number of amides is 1. The van der Waals surface area contributed by atoms with Crippen molar-refractivity contribution in [3.05, 3.63) is 46.9 Å². The van der Waals surface area contributed by atoms with E-state index in [1.165, 1.54) is 20.9 Å². The van der Waals surface area contributed by atoms with Crippen LogP contribution in [0, 0.1) is 10.7 Å². The maximum absolute atomic E-state index is 13.3. The lowest BCUT2D eigenvalue weighted by molar-refractivity contribution is 0.101. The van der Waals surface area contributed by atoms with Gasteiger partial charge in [-0.15, -0.1) is 22.7 Å². The van der Waals surface area contributed by atoms with Crippen LogP contribution in [0.2, 0.25) is 0 Å². The number of carbonyl (C=O) groups is 1. The molecular weight excluding hydrogens is 422 g/mol. The fourth-order valence-corrected chi connectivity index (χ4v) is 7.37. The molecule has 0 saturated carbocycles. The number of aromatic amines is 1. The van der Waals surface area contributed by atoms with E-state index in [-0.39, 0.29) is 16.2 Å². The van der Waals surface area contributed by atoms with Crippen LogP contribution in [0.25, 0.3) is 10.2 Å². The van der Waals surface area contributed by atoms with E-state index in [0.717, 1.165) is 60.9 Å². The van der Waals surface area contributed by atoms with E-state index in [0.29, 0.717) is 16.9 Å². The molecule has 0 bridgehead atoms. The number of H-pyrrole nitrogens is 1. The van der Waals surface area contributed by atoms with Gasteiger partial charge in [-0.05, 0) is 74.2 Å². The molecule has 0 saturated heterocycles. The van der Waals surface area contributed by atoms with Gasteiger partial charge in [-0.1, -0.05) is 13.3 Å². The number of hydrogen-bond acceptors (Lipinski definition) is 5. The first-order chi connectivity index (χ1) is 14.0. The topological polar surface area (TPSA) is 66.9 Å². The molecule has 1 atom stereocenters. The summed E-state index contributed by atoms with van der Waals surface area (Å²) in [5, 5.41) is 2.62. The highest BCUT2D eigenvalue weighted by molar-refractivity contribution is 7.71. The van der Waals surface area contributed by atoms with Crippen molar-refractivity contribution in [1.82, 2.24) is 9.66 Å². The van der Waals surface area contributed by atoms with Crippen LogP contribution >= 0.6 is 34.9 Å². The fraction of sp³-hybridized carbons (Fsp3) is 0.476. The molecular formula is C21H23N3O2S3. The molecule has 5 rings (SSSR count). The van der Waals surface area contributed by atoms with Crippen molar-refractivity contribution in [1.29, 1.82) is 0 Å². The van der Waals surface area contributed by atoms with Gasteiger partial charge < -0.3 is 4.98 Å². The fourth-order valence-electron chi connectivity index (χ4n) is 4.55. The molecule has 0 aliphatic heterocycles. The third-order valence-corrected chi connectivity index (χ3v) is 8.66. The highest BCUT2D eigenvalue weighted by atomic mass is 32.1. The summed E-state index contributed by atoms with van der Waals surface area (Å²) in [5.41, 5.74) is 5.54. The summed E-state index contributed by atoms with van der Waals surface area (Å²) in [7, 11) is 0. The molecule has 2 aliphatic rings. The van der Waals surface area contributed by atoms with Crippen LogP contribution in [0.15, 0.2) is 10.2 Å². The maximum atomic E-state index is 13.3. The SMILES string of the molecule is C[C@@H]1CCc2c(C(=O)Nn3c(=S)[nH]c4sc5c(c4c3=O)CCCCC5)csc2C1. The lowest BCUT2D eigenvalue weighted by Gasteiger charge is -2.19. The van der Waals surface area contributed by atoms with Gasteiger partial charge in [0.05, 0.1) is 10.9 Å². The zero-order valence-corrected chi connectivity index (χ0v) is 18.7. The van der Waals surface area contributed by atoms with Crippen LogP contribution in [-0.2, 0) is 25.7 Å². The molecule has 152 valence electrons. The molecule has 0 fully saturated rings. The third kappa shape index (κ3) is 3.31. The summed E-state index contributed by atoms with van der Waals surface area (Å²) in [6.45, 7) is 2.25. The Balaban J connectivity index is 1.54. The van der Waals surface area contributed by atoms with E-state index < -0.39 is 0 Å². The van der Waals surface area contributed by atoms with Crippen LogP contribution in [0.3, 0.4) is 0 Å². The molecule has 0 unspecified atom stereocenters. The van der Waals surface area contributed by atoms with E-state index in [4.69, 9.17) is 12.2 Å².